The highest BCUT2D eigenvalue weighted by Crippen LogP contribution is 2.22. The van der Waals surface area contributed by atoms with Gasteiger partial charge >= 0.3 is 0 Å². The normalized spacial score (nSPS) is 16.5. The number of aromatic nitrogens is 1. The third-order valence-electron chi connectivity index (χ3n) is 5.50. The Balaban J connectivity index is 0.00000132. The minimum Gasteiger partial charge on any atom is -0.394 e. The number of quaternary nitrogens is 1. The molecule has 9 heteroatoms. The lowest BCUT2D eigenvalue weighted by atomic mass is 9.90. The van der Waals surface area contributed by atoms with Crippen molar-refractivity contribution in [1.29, 1.82) is 0 Å². The van der Waals surface area contributed by atoms with E-state index in [0.29, 0.717) is 17.7 Å². The van der Waals surface area contributed by atoms with Crippen LogP contribution in [0.2, 0.25) is 0 Å². The quantitative estimate of drug-likeness (QED) is 0.490. The number of pyridine rings is 1. The van der Waals surface area contributed by atoms with Crippen LogP contribution in [0.15, 0.2) is 54.0 Å². The molecule has 31 heavy (non-hydrogen) atoms. The Kier molecular flexibility index (Phi) is 7.35. The average molecular weight is 426 g/mol. The van der Waals surface area contributed by atoms with Crippen LogP contribution in [0.25, 0.3) is 0 Å². The number of Topliss-reactive ketones (excluding diaryl/α,β-unsaturated/α-hetero) is 2. The first-order chi connectivity index (χ1) is 15.0. The molecule has 1 aliphatic carbocycles. The predicted octanol–water partition coefficient (Wildman–Crippen LogP) is -0.0314. The van der Waals surface area contributed by atoms with Gasteiger partial charge < -0.3 is 16.0 Å². The minimum atomic E-state index is -0.288. The highest BCUT2D eigenvalue weighted by Gasteiger charge is 2.30. The first-order valence-electron chi connectivity index (χ1n) is 10.2. The van der Waals surface area contributed by atoms with Crippen LogP contribution in [0.4, 0.5) is 5.69 Å². The van der Waals surface area contributed by atoms with E-state index in [9.17, 15) is 9.59 Å². The van der Waals surface area contributed by atoms with Gasteiger partial charge in [0.2, 0.25) is 11.6 Å². The maximum absolute atomic E-state index is 12.7. The number of aryl methyl sites for hydroxylation is 1. The fraction of sp³-hybridized carbons (Fsp3) is 0.318. The second-order valence-corrected chi connectivity index (χ2v) is 7.40. The van der Waals surface area contributed by atoms with Crippen molar-refractivity contribution in [2.45, 2.75) is 6.92 Å². The van der Waals surface area contributed by atoms with Crippen LogP contribution >= 0.6 is 0 Å². The number of ketones is 2. The molecule has 0 saturated carbocycles. The number of nitrogens with one attached hydrogen (secondary N) is 1. The maximum Gasteiger partial charge on any atom is 0.211 e. The van der Waals surface area contributed by atoms with Crippen molar-refractivity contribution in [3.05, 3.63) is 70.8 Å². The molecular weight excluding hydrogens is 396 g/mol. The Bertz CT molecular complexity index is 983. The molecule has 4 rings (SSSR count). The topological polar surface area (TPSA) is 139 Å². The van der Waals surface area contributed by atoms with Gasteiger partial charge in [0.05, 0.1) is 0 Å². The summed E-state index contributed by atoms with van der Waals surface area (Å²) in [5.41, 5.74) is 9.21. The van der Waals surface area contributed by atoms with E-state index in [1.165, 1.54) is 5.69 Å². The first-order valence-corrected chi connectivity index (χ1v) is 10.2. The number of hydrogen-bond donors (Lipinski definition) is 4. The van der Waals surface area contributed by atoms with Crippen molar-refractivity contribution >= 4 is 17.3 Å². The fourth-order valence-corrected chi connectivity index (χ4v) is 3.87. The third kappa shape index (κ3) is 4.91. The lowest BCUT2D eigenvalue weighted by molar-refractivity contribution is -0.670. The molecule has 1 fully saturated rings. The molecule has 0 radical (unpaired) electrons. The average Bonchev–Trinajstić information content (AvgIpc) is 2.81. The minimum absolute atomic E-state index is 0.00609. The molecule has 0 atom stereocenters. The first kappa shape index (κ1) is 22.4. The Hall–Kier alpha value is -3.27. The Morgan fingerprint density at radius 1 is 1.06 bits per heavy atom. The van der Waals surface area contributed by atoms with Gasteiger partial charge in [-0.05, 0) is 19.1 Å². The summed E-state index contributed by atoms with van der Waals surface area (Å²) in [6.07, 6.45) is 1.85. The number of rotatable bonds is 5. The summed E-state index contributed by atoms with van der Waals surface area (Å²) in [6.45, 7) is 7.11. The van der Waals surface area contributed by atoms with E-state index >= 15 is 0 Å². The number of piperazine rings is 1. The van der Waals surface area contributed by atoms with Gasteiger partial charge in [-0.3, -0.25) is 19.5 Å². The van der Waals surface area contributed by atoms with E-state index in [0.717, 1.165) is 38.4 Å². The van der Waals surface area contributed by atoms with E-state index in [-0.39, 0.29) is 23.0 Å². The van der Waals surface area contributed by atoms with E-state index in [1.54, 1.807) is 24.3 Å². The second-order valence-electron chi connectivity index (χ2n) is 7.40. The van der Waals surface area contributed by atoms with E-state index in [1.807, 2.05) is 19.2 Å². The Morgan fingerprint density at radius 2 is 1.71 bits per heavy atom. The van der Waals surface area contributed by atoms with Crippen LogP contribution in [0, 0.1) is 6.92 Å². The molecule has 7 N–H and O–H groups in total. The van der Waals surface area contributed by atoms with Gasteiger partial charge in [0.1, 0.15) is 11.4 Å². The molecule has 2 aromatic rings. The number of nitrogens with zero attached hydrogens (tertiary/aromatic N) is 3. The predicted molar refractivity (Wildman–Crippen MR) is 117 cm³/mol. The van der Waals surface area contributed by atoms with Crippen molar-refractivity contribution in [2.75, 3.05) is 44.2 Å². The van der Waals surface area contributed by atoms with Crippen molar-refractivity contribution in [3.8, 4) is 0 Å². The van der Waals surface area contributed by atoms with Gasteiger partial charge in [0.15, 0.2) is 0 Å². The molecule has 0 unspecified atom stereocenters. The number of nitrogens with two attached hydrogens (primary N) is 1. The monoisotopic (exact) mass is 425 g/mol. The van der Waals surface area contributed by atoms with Gasteiger partial charge in [-0.2, -0.15) is 0 Å². The van der Waals surface area contributed by atoms with Crippen molar-refractivity contribution in [3.63, 3.8) is 0 Å². The number of fused-ring (bicyclic) bond motifs is 1. The zero-order valence-corrected chi connectivity index (χ0v) is 17.7. The zero-order valence-electron chi connectivity index (χ0n) is 17.7. The second kappa shape index (κ2) is 10.2. The maximum atomic E-state index is 12.7. The SMILES string of the molecule is Cc1cc(N2CCN(CCNC3=C(N)C(=O)c4ccccc4C3=O)CC2)ccn1.[NH3+]O. The summed E-state index contributed by atoms with van der Waals surface area (Å²) in [4.78, 5) is 34.1. The van der Waals surface area contributed by atoms with Crippen molar-refractivity contribution in [2.24, 2.45) is 5.73 Å². The summed E-state index contributed by atoms with van der Waals surface area (Å²) in [6, 6.07) is 11.0. The molecule has 1 aromatic carbocycles. The molecule has 2 heterocycles. The number of benzene rings is 1. The smallest absolute Gasteiger partial charge is 0.211 e. The van der Waals surface area contributed by atoms with Crippen molar-refractivity contribution < 1.29 is 20.7 Å². The molecule has 0 bridgehead atoms. The number of carbonyl (C=O) groups is 2. The highest BCUT2D eigenvalue weighted by atomic mass is 16.4. The summed E-state index contributed by atoms with van der Waals surface area (Å²) in [5.74, 6) is 1.75. The largest absolute Gasteiger partial charge is 0.394 e. The van der Waals surface area contributed by atoms with E-state index in [4.69, 9.17) is 10.9 Å². The molecule has 1 aromatic heterocycles. The van der Waals surface area contributed by atoms with Gasteiger partial charge in [0.25, 0.3) is 0 Å². The molecular formula is C22H29N6O3+. The van der Waals surface area contributed by atoms with Crippen molar-refractivity contribution in [1.82, 2.24) is 15.2 Å². The van der Waals surface area contributed by atoms with Crippen LogP contribution in [0.5, 0.6) is 0 Å². The van der Waals surface area contributed by atoms with Gasteiger partial charge in [-0.1, -0.05) is 24.3 Å². The van der Waals surface area contributed by atoms with Gasteiger partial charge in [-0.25, -0.2) is 11.1 Å². The molecule has 0 spiro atoms. The van der Waals surface area contributed by atoms with Gasteiger partial charge in [-0.15, -0.1) is 0 Å². The number of carbonyl (C=O) groups excluding carboxylic acids is 2. The standard InChI is InChI=1S/C22H25N5O2.H4NO/c1-15-14-16(6-7-24-15)27-12-10-26(11-13-27)9-8-25-20-19(23)21(28)17-4-2-3-5-18(17)22(20)29;1-2/h2-7,14,25H,8-13,23H2,1H3;2H,1H3/q;+1. The molecule has 2 aliphatic rings. The Morgan fingerprint density at radius 3 is 2.35 bits per heavy atom. The summed E-state index contributed by atoms with van der Waals surface area (Å²) in [5, 5.41) is 9.86. The summed E-state index contributed by atoms with van der Waals surface area (Å²) in [7, 11) is 0. The third-order valence-corrected chi connectivity index (χ3v) is 5.50. The fourth-order valence-electron chi connectivity index (χ4n) is 3.87. The van der Waals surface area contributed by atoms with Crippen LogP contribution in [0.1, 0.15) is 26.4 Å². The number of anilines is 1. The van der Waals surface area contributed by atoms with Crippen LogP contribution in [-0.2, 0) is 0 Å². The molecule has 1 aliphatic heterocycles. The summed E-state index contributed by atoms with van der Waals surface area (Å²) >= 11 is 0. The molecule has 164 valence electrons. The Labute approximate surface area is 181 Å². The van der Waals surface area contributed by atoms with Crippen LogP contribution in [0.3, 0.4) is 0 Å². The lowest BCUT2D eigenvalue weighted by Gasteiger charge is -2.36. The zero-order chi connectivity index (χ0) is 22.4. The van der Waals surface area contributed by atoms with E-state index < -0.39 is 0 Å². The molecule has 1 saturated heterocycles. The molecule has 0 amide bonds. The number of allylic oxidation sites excluding steroid dienone is 2. The molecule has 9 nitrogen and oxygen atoms in total. The van der Waals surface area contributed by atoms with Crippen LogP contribution < -0.4 is 21.8 Å². The van der Waals surface area contributed by atoms with Gasteiger partial charge in [0, 0.05) is 68.0 Å². The highest BCUT2D eigenvalue weighted by molar-refractivity contribution is 6.26. The lowest BCUT2D eigenvalue weighted by Crippen LogP contribution is -2.48. The number of hydrogen-bond acceptors (Lipinski definition) is 8. The summed E-state index contributed by atoms with van der Waals surface area (Å²) < 4.78 is 0. The van der Waals surface area contributed by atoms with Crippen LogP contribution in [-0.4, -0.2) is 65.9 Å². The van der Waals surface area contributed by atoms with E-state index in [2.05, 4.69) is 32.1 Å².